The van der Waals surface area contributed by atoms with E-state index in [1.165, 1.54) is 0 Å². The third-order valence-electron chi connectivity index (χ3n) is 4.64. The molecule has 1 amide bonds. The summed E-state index contributed by atoms with van der Waals surface area (Å²) in [7, 11) is 0. The van der Waals surface area contributed by atoms with Gasteiger partial charge in [-0.3, -0.25) is 4.79 Å². The van der Waals surface area contributed by atoms with Crippen molar-refractivity contribution >= 4 is 12.0 Å². The molecule has 26 heavy (non-hydrogen) atoms. The van der Waals surface area contributed by atoms with Crippen molar-refractivity contribution in [2.75, 3.05) is 52.4 Å². The summed E-state index contributed by atoms with van der Waals surface area (Å²) >= 11 is 0. The number of nitrogens with one attached hydrogen (secondary N) is 1. The largest absolute Gasteiger partial charge is 0.494 e. The monoisotopic (exact) mass is 359 g/mol. The van der Waals surface area contributed by atoms with E-state index in [1.807, 2.05) is 30.3 Å². The van der Waals surface area contributed by atoms with Crippen LogP contribution in [-0.2, 0) is 4.79 Å². The zero-order valence-electron chi connectivity index (χ0n) is 16.2. The summed E-state index contributed by atoms with van der Waals surface area (Å²) in [5, 5.41) is 2.96. The molecule has 0 bridgehead atoms. The second kappa shape index (κ2) is 11.7. The number of hydrogen-bond donors (Lipinski definition) is 1. The van der Waals surface area contributed by atoms with Gasteiger partial charge in [-0.2, -0.15) is 0 Å². The molecule has 2 rings (SSSR count). The van der Waals surface area contributed by atoms with E-state index in [4.69, 9.17) is 4.74 Å². The molecule has 1 aromatic rings. The van der Waals surface area contributed by atoms with Crippen molar-refractivity contribution in [1.82, 2.24) is 15.1 Å². The Bertz CT molecular complexity index is 549. The third kappa shape index (κ3) is 7.58. The van der Waals surface area contributed by atoms with Crippen molar-refractivity contribution < 1.29 is 9.53 Å². The Balaban J connectivity index is 1.60. The van der Waals surface area contributed by atoms with Gasteiger partial charge >= 0.3 is 0 Å². The first-order valence-corrected chi connectivity index (χ1v) is 9.84. The maximum Gasteiger partial charge on any atom is 0.243 e. The van der Waals surface area contributed by atoms with Crippen LogP contribution in [0.5, 0.6) is 5.75 Å². The smallest absolute Gasteiger partial charge is 0.243 e. The van der Waals surface area contributed by atoms with Crippen LogP contribution in [0, 0.1) is 0 Å². The predicted octanol–water partition coefficient (Wildman–Crippen LogP) is 2.63. The van der Waals surface area contributed by atoms with Crippen LogP contribution in [0.4, 0.5) is 0 Å². The minimum Gasteiger partial charge on any atom is -0.494 e. The summed E-state index contributed by atoms with van der Waals surface area (Å²) in [6.07, 6.45) is 5.43. The topological polar surface area (TPSA) is 44.8 Å². The minimum atomic E-state index is -0.0351. The van der Waals surface area contributed by atoms with E-state index in [2.05, 4.69) is 29.0 Å². The molecule has 1 fully saturated rings. The van der Waals surface area contributed by atoms with E-state index < -0.39 is 0 Å². The second-order valence-corrected chi connectivity index (χ2v) is 6.67. The zero-order chi connectivity index (χ0) is 18.6. The van der Waals surface area contributed by atoms with Gasteiger partial charge in [-0.25, -0.2) is 0 Å². The predicted molar refractivity (Wildman–Crippen MR) is 107 cm³/mol. The molecule has 0 aromatic heterocycles. The normalized spacial score (nSPS) is 16.1. The molecular formula is C21H33N3O2. The van der Waals surface area contributed by atoms with Gasteiger partial charge in [-0.05, 0) is 49.7 Å². The molecule has 1 aliphatic heterocycles. The first-order chi connectivity index (χ1) is 12.7. The standard InChI is InChI=1S/C21H33N3O2/c1-3-18-26-20-9-6-19(7-10-20)8-11-21(25)22-12-5-13-24-16-14-23(4-2)15-17-24/h6-11H,3-5,12-18H2,1-2H3,(H,22,25). The lowest BCUT2D eigenvalue weighted by molar-refractivity contribution is -0.116. The molecule has 144 valence electrons. The summed E-state index contributed by atoms with van der Waals surface area (Å²) in [6, 6.07) is 7.80. The molecule has 0 atom stereocenters. The number of nitrogens with zero attached hydrogens (tertiary/aromatic N) is 2. The highest BCUT2D eigenvalue weighted by Crippen LogP contribution is 2.13. The molecule has 0 radical (unpaired) electrons. The van der Waals surface area contributed by atoms with Gasteiger partial charge in [0.1, 0.15) is 5.75 Å². The summed E-state index contributed by atoms with van der Waals surface area (Å²) in [5.74, 6) is 0.834. The Kier molecular flexibility index (Phi) is 9.21. The van der Waals surface area contributed by atoms with Crippen molar-refractivity contribution in [3.8, 4) is 5.75 Å². The molecule has 1 aromatic carbocycles. The van der Waals surface area contributed by atoms with E-state index in [9.17, 15) is 4.79 Å². The van der Waals surface area contributed by atoms with E-state index in [1.54, 1.807) is 6.08 Å². The average Bonchev–Trinajstić information content (AvgIpc) is 2.69. The van der Waals surface area contributed by atoms with Gasteiger partial charge in [0.2, 0.25) is 5.91 Å². The van der Waals surface area contributed by atoms with Gasteiger partial charge in [0, 0.05) is 38.8 Å². The fourth-order valence-corrected chi connectivity index (χ4v) is 2.97. The minimum absolute atomic E-state index is 0.0351. The molecule has 0 spiro atoms. The SMILES string of the molecule is CCCOc1ccc(C=CC(=O)NCCCN2CCN(CC)CC2)cc1. The molecule has 0 aliphatic carbocycles. The number of hydrogen-bond acceptors (Lipinski definition) is 4. The lowest BCUT2D eigenvalue weighted by atomic mass is 10.2. The van der Waals surface area contributed by atoms with Crippen molar-refractivity contribution in [2.24, 2.45) is 0 Å². The van der Waals surface area contributed by atoms with E-state index in [-0.39, 0.29) is 5.91 Å². The van der Waals surface area contributed by atoms with E-state index in [0.717, 1.165) is 76.6 Å². The summed E-state index contributed by atoms with van der Waals surface area (Å²) in [6.45, 7) is 12.6. The molecular weight excluding hydrogens is 326 g/mol. The Morgan fingerprint density at radius 1 is 1.12 bits per heavy atom. The number of ether oxygens (including phenoxy) is 1. The van der Waals surface area contributed by atoms with Crippen LogP contribution in [-0.4, -0.2) is 68.1 Å². The first-order valence-electron chi connectivity index (χ1n) is 9.84. The molecule has 5 heteroatoms. The Hall–Kier alpha value is -1.85. The Morgan fingerprint density at radius 3 is 2.46 bits per heavy atom. The molecule has 5 nitrogen and oxygen atoms in total. The van der Waals surface area contributed by atoms with E-state index in [0.29, 0.717) is 0 Å². The number of rotatable bonds is 10. The fourth-order valence-electron chi connectivity index (χ4n) is 2.97. The number of carbonyl (C=O) groups is 1. The molecule has 0 saturated carbocycles. The van der Waals surface area contributed by atoms with Crippen LogP contribution in [0.1, 0.15) is 32.3 Å². The lowest BCUT2D eigenvalue weighted by Gasteiger charge is -2.33. The van der Waals surface area contributed by atoms with Crippen molar-refractivity contribution in [3.63, 3.8) is 0 Å². The summed E-state index contributed by atoms with van der Waals surface area (Å²) in [5.41, 5.74) is 0.998. The number of benzene rings is 1. The van der Waals surface area contributed by atoms with Crippen LogP contribution in [0.3, 0.4) is 0 Å². The number of amides is 1. The van der Waals surface area contributed by atoms with Crippen LogP contribution < -0.4 is 10.1 Å². The first kappa shape index (κ1) is 20.5. The highest BCUT2D eigenvalue weighted by Gasteiger charge is 2.14. The third-order valence-corrected chi connectivity index (χ3v) is 4.64. The molecule has 1 heterocycles. The average molecular weight is 360 g/mol. The number of carbonyl (C=O) groups excluding carboxylic acids is 1. The maximum absolute atomic E-state index is 11.9. The molecule has 0 unspecified atom stereocenters. The van der Waals surface area contributed by atoms with Crippen molar-refractivity contribution in [2.45, 2.75) is 26.7 Å². The van der Waals surface area contributed by atoms with Gasteiger partial charge in [0.25, 0.3) is 0 Å². The summed E-state index contributed by atoms with van der Waals surface area (Å²) < 4.78 is 5.55. The van der Waals surface area contributed by atoms with Gasteiger partial charge in [0.15, 0.2) is 0 Å². The Labute approximate surface area is 158 Å². The molecule has 1 saturated heterocycles. The zero-order valence-corrected chi connectivity index (χ0v) is 16.2. The highest BCUT2D eigenvalue weighted by molar-refractivity contribution is 5.91. The van der Waals surface area contributed by atoms with Gasteiger partial charge in [0.05, 0.1) is 6.61 Å². The van der Waals surface area contributed by atoms with Crippen LogP contribution in [0.15, 0.2) is 30.3 Å². The second-order valence-electron chi connectivity index (χ2n) is 6.67. The number of likely N-dealkylation sites (N-methyl/N-ethyl adjacent to an activating group) is 1. The van der Waals surface area contributed by atoms with Crippen LogP contribution >= 0.6 is 0 Å². The molecule has 1 N–H and O–H groups in total. The fraction of sp³-hybridized carbons (Fsp3) is 0.571. The van der Waals surface area contributed by atoms with Gasteiger partial charge in [-0.15, -0.1) is 0 Å². The highest BCUT2D eigenvalue weighted by atomic mass is 16.5. The van der Waals surface area contributed by atoms with Crippen molar-refractivity contribution in [1.29, 1.82) is 0 Å². The number of piperazine rings is 1. The quantitative estimate of drug-likeness (QED) is 0.515. The summed E-state index contributed by atoms with van der Waals surface area (Å²) in [4.78, 5) is 16.9. The van der Waals surface area contributed by atoms with Crippen LogP contribution in [0.25, 0.3) is 6.08 Å². The van der Waals surface area contributed by atoms with Crippen molar-refractivity contribution in [3.05, 3.63) is 35.9 Å². The maximum atomic E-state index is 11.9. The van der Waals surface area contributed by atoms with Gasteiger partial charge in [-0.1, -0.05) is 26.0 Å². The van der Waals surface area contributed by atoms with Gasteiger partial charge < -0.3 is 19.9 Å². The molecule has 1 aliphatic rings. The lowest BCUT2D eigenvalue weighted by Crippen LogP contribution is -2.46. The Morgan fingerprint density at radius 2 is 1.81 bits per heavy atom. The van der Waals surface area contributed by atoms with Crippen LogP contribution in [0.2, 0.25) is 0 Å². The van der Waals surface area contributed by atoms with E-state index >= 15 is 0 Å².